The van der Waals surface area contributed by atoms with Crippen LogP contribution in [-0.2, 0) is 6.54 Å². The lowest BCUT2D eigenvalue weighted by atomic mass is 10.1. The first kappa shape index (κ1) is 20.0. The first-order valence-electron chi connectivity index (χ1n) is 9.45. The normalized spacial score (nSPS) is 10.7. The summed E-state index contributed by atoms with van der Waals surface area (Å²) in [5.74, 6) is 0.341. The highest BCUT2D eigenvalue weighted by molar-refractivity contribution is 5.82. The molecule has 0 spiro atoms. The van der Waals surface area contributed by atoms with Gasteiger partial charge in [-0.1, -0.05) is 48.5 Å². The van der Waals surface area contributed by atoms with Crippen LogP contribution in [0.1, 0.15) is 5.56 Å². The number of aromatic nitrogens is 2. The van der Waals surface area contributed by atoms with E-state index in [4.69, 9.17) is 4.42 Å². The van der Waals surface area contributed by atoms with Crippen molar-refractivity contribution in [3.63, 3.8) is 0 Å². The highest BCUT2D eigenvalue weighted by atomic mass is 79.9. The molecule has 0 amide bonds. The maximum absolute atomic E-state index is 14.0. The molecule has 5 rings (SSSR count). The topological polar surface area (TPSA) is 29.9 Å². The van der Waals surface area contributed by atoms with Gasteiger partial charge in [-0.3, -0.25) is 0 Å². The zero-order valence-electron chi connectivity index (χ0n) is 16.0. The van der Waals surface area contributed by atoms with Gasteiger partial charge in [-0.05, 0) is 41.5 Å². The second kappa shape index (κ2) is 8.59. The van der Waals surface area contributed by atoms with E-state index in [2.05, 4.69) is 17.1 Å². The van der Waals surface area contributed by atoms with Crippen molar-refractivity contribution in [1.29, 1.82) is 0 Å². The summed E-state index contributed by atoms with van der Waals surface area (Å²) in [6, 6.07) is 26.9. The van der Waals surface area contributed by atoms with Crippen molar-refractivity contribution in [3.05, 3.63) is 109 Å². The van der Waals surface area contributed by atoms with Crippen molar-refractivity contribution in [2.75, 3.05) is 0 Å². The second-order valence-electron chi connectivity index (χ2n) is 6.92. The molecular weight excluding hydrogens is 443 g/mol. The molecule has 30 heavy (non-hydrogen) atoms. The van der Waals surface area contributed by atoms with Crippen LogP contribution in [0.15, 0.2) is 102 Å². The Morgan fingerprint density at radius 2 is 1.57 bits per heavy atom. The van der Waals surface area contributed by atoms with Gasteiger partial charge in [0.1, 0.15) is 16.9 Å². The predicted octanol–water partition coefficient (Wildman–Crippen LogP) is 2.64. The fourth-order valence-electron chi connectivity index (χ4n) is 3.43. The van der Waals surface area contributed by atoms with Gasteiger partial charge in [-0.2, -0.15) is 4.57 Å². The van der Waals surface area contributed by atoms with Gasteiger partial charge in [-0.25, -0.2) is 9.37 Å². The Hall–Kier alpha value is -3.31. The van der Waals surface area contributed by atoms with Crippen LogP contribution in [0.25, 0.3) is 33.7 Å². The van der Waals surface area contributed by atoms with E-state index in [9.17, 15) is 4.39 Å². The van der Waals surface area contributed by atoms with Crippen LogP contribution in [0.3, 0.4) is 0 Å². The van der Waals surface area contributed by atoms with Gasteiger partial charge in [-0.15, -0.1) is 0 Å². The Bertz CT molecular complexity index is 1300. The molecular formula is C25H18BrFN2O. The Morgan fingerprint density at radius 3 is 2.40 bits per heavy atom. The van der Waals surface area contributed by atoms with E-state index in [1.54, 1.807) is 12.1 Å². The quantitative estimate of drug-likeness (QED) is 0.386. The van der Waals surface area contributed by atoms with Crippen molar-refractivity contribution >= 4 is 11.1 Å². The molecule has 0 atom stereocenters. The average molecular weight is 461 g/mol. The molecule has 0 aliphatic rings. The zero-order valence-corrected chi connectivity index (χ0v) is 17.6. The Morgan fingerprint density at radius 1 is 0.800 bits per heavy atom. The van der Waals surface area contributed by atoms with Gasteiger partial charge < -0.3 is 21.4 Å². The molecule has 3 aromatic carbocycles. The highest BCUT2D eigenvalue weighted by Gasteiger charge is 2.14. The molecule has 0 aliphatic heterocycles. The summed E-state index contributed by atoms with van der Waals surface area (Å²) in [5.41, 5.74) is 5.28. The van der Waals surface area contributed by atoms with Crippen LogP contribution in [0.5, 0.6) is 0 Å². The predicted molar refractivity (Wildman–Crippen MR) is 111 cm³/mol. The Kier molecular flexibility index (Phi) is 5.72. The number of benzene rings is 3. The Labute approximate surface area is 184 Å². The van der Waals surface area contributed by atoms with E-state index < -0.39 is 0 Å². The summed E-state index contributed by atoms with van der Waals surface area (Å²) in [5, 5.41) is 0. The number of halogens is 2. The third-order valence-electron chi connectivity index (χ3n) is 4.91. The fourth-order valence-corrected chi connectivity index (χ4v) is 3.43. The van der Waals surface area contributed by atoms with E-state index in [1.807, 2.05) is 71.6 Å². The van der Waals surface area contributed by atoms with Gasteiger partial charge >= 0.3 is 0 Å². The minimum Gasteiger partial charge on any atom is -1.00 e. The van der Waals surface area contributed by atoms with E-state index in [-0.39, 0.29) is 22.8 Å². The second-order valence-corrected chi connectivity index (χ2v) is 6.92. The van der Waals surface area contributed by atoms with Crippen molar-refractivity contribution < 1.29 is 30.4 Å². The molecule has 0 N–H and O–H groups in total. The standard InChI is InChI=1S/C25H18FN2O.BrH/c26-22-11-5-4-9-20(22)16-28-14-6-10-21(17-28)25-27-23-15-19(12-13-24(23)29-25)18-7-2-1-3-8-18;/h1-15,17H,16H2;1H/q+1;/p-1. The Balaban J connectivity index is 0.00000218. The third kappa shape index (κ3) is 4.02. The molecule has 0 radical (unpaired) electrons. The molecule has 0 saturated carbocycles. The average Bonchev–Trinajstić information content (AvgIpc) is 3.20. The number of rotatable bonds is 4. The number of fused-ring (bicyclic) bond motifs is 1. The van der Waals surface area contributed by atoms with Gasteiger partial charge in [0, 0.05) is 6.07 Å². The summed E-state index contributed by atoms with van der Waals surface area (Å²) in [4.78, 5) is 4.68. The first-order chi connectivity index (χ1) is 14.3. The number of nitrogens with zero attached hydrogens (tertiary/aromatic N) is 2. The maximum atomic E-state index is 14.0. The summed E-state index contributed by atoms with van der Waals surface area (Å²) in [6.45, 7) is 0.443. The molecule has 0 fully saturated rings. The lowest BCUT2D eigenvalue weighted by molar-refractivity contribution is -0.688. The van der Waals surface area contributed by atoms with Gasteiger partial charge in [0.2, 0.25) is 5.89 Å². The van der Waals surface area contributed by atoms with Crippen molar-refractivity contribution in [2.45, 2.75) is 6.54 Å². The van der Waals surface area contributed by atoms with Crippen molar-refractivity contribution in [2.24, 2.45) is 0 Å². The van der Waals surface area contributed by atoms with Crippen LogP contribution in [0.4, 0.5) is 4.39 Å². The molecule has 5 heteroatoms. The van der Waals surface area contributed by atoms with Crippen LogP contribution in [0, 0.1) is 5.82 Å². The maximum Gasteiger partial charge on any atom is 0.233 e. The molecule has 3 nitrogen and oxygen atoms in total. The van der Waals surface area contributed by atoms with E-state index in [0.717, 1.165) is 27.8 Å². The van der Waals surface area contributed by atoms with E-state index in [1.165, 1.54) is 6.07 Å². The molecule has 5 aromatic rings. The van der Waals surface area contributed by atoms with Gasteiger partial charge in [0.15, 0.2) is 24.5 Å². The molecule has 0 aliphatic carbocycles. The SMILES string of the molecule is Fc1ccccc1C[n+]1cccc(-c2nc3cc(-c4ccccc4)ccc3o2)c1.[Br-]. The van der Waals surface area contributed by atoms with E-state index in [0.29, 0.717) is 18.0 Å². The lowest BCUT2D eigenvalue weighted by Crippen LogP contribution is -3.00. The van der Waals surface area contributed by atoms with Crippen molar-refractivity contribution in [3.8, 4) is 22.6 Å². The summed E-state index contributed by atoms with van der Waals surface area (Å²) in [6.07, 6.45) is 3.83. The summed E-state index contributed by atoms with van der Waals surface area (Å²) >= 11 is 0. The van der Waals surface area contributed by atoms with Crippen LogP contribution in [0.2, 0.25) is 0 Å². The number of oxazole rings is 1. The lowest BCUT2D eigenvalue weighted by Gasteiger charge is -2.00. The van der Waals surface area contributed by atoms with E-state index >= 15 is 0 Å². The number of hydrogen-bond donors (Lipinski definition) is 0. The smallest absolute Gasteiger partial charge is 0.233 e. The minimum absolute atomic E-state index is 0. The van der Waals surface area contributed by atoms with Crippen LogP contribution in [-0.4, -0.2) is 4.98 Å². The largest absolute Gasteiger partial charge is 1.00 e. The number of hydrogen-bond acceptors (Lipinski definition) is 2. The van der Waals surface area contributed by atoms with Gasteiger partial charge in [0.05, 0.1) is 5.56 Å². The minimum atomic E-state index is -0.208. The summed E-state index contributed by atoms with van der Waals surface area (Å²) in [7, 11) is 0. The first-order valence-corrected chi connectivity index (χ1v) is 9.45. The molecule has 2 aromatic heterocycles. The third-order valence-corrected chi connectivity index (χ3v) is 4.91. The molecule has 2 heterocycles. The molecule has 0 saturated heterocycles. The highest BCUT2D eigenvalue weighted by Crippen LogP contribution is 2.28. The molecule has 0 unspecified atom stereocenters. The molecule has 148 valence electrons. The van der Waals surface area contributed by atoms with Crippen LogP contribution >= 0.6 is 0 Å². The fraction of sp³-hybridized carbons (Fsp3) is 0.0400. The monoisotopic (exact) mass is 460 g/mol. The van der Waals surface area contributed by atoms with Gasteiger partial charge in [0.25, 0.3) is 0 Å². The van der Waals surface area contributed by atoms with Crippen LogP contribution < -0.4 is 21.5 Å². The number of pyridine rings is 1. The molecule has 0 bridgehead atoms. The zero-order chi connectivity index (χ0) is 19.6. The van der Waals surface area contributed by atoms with Crippen molar-refractivity contribution in [1.82, 2.24) is 4.98 Å². The summed E-state index contributed by atoms with van der Waals surface area (Å²) < 4.78 is 21.9.